The minimum Gasteiger partial charge on any atom is -0.393 e. The molecule has 0 aromatic rings. The Morgan fingerprint density at radius 1 is 0.940 bits per heavy atom. The fraction of sp³-hybridized carbons (Fsp3) is 0.833. The van der Waals surface area contributed by atoms with Gasteiger partial charge in [-0.05, 0) is 150 Å². The number of carbonyl (C=O) groups is 1. The molecule has 10 aliphatic rings. The molecule has 67 heavy (non-hydrogen) atoms. The maximum absolute atomic E-state index is 15.7. The normalized spacial score (nSPS) is 49.9. The van der Waals surface area contributed by atoms with E-state index < -0.39 is 81.5 Å². The molecule has 2 aliphatic heterocycles. The van der Waals surface area contributed by atoms with Crippen LogP contribution in [0.2, 0.25) is 0 Å². The lowest BCUT2D eigenvalue weighted by atomic mass is 9.37. The Kier molecular flexibility index (Phi) is 12.7. The van der Waals surface area contributed by atoms with E-state index in [2.05, 4.69) is 17.6 Å². The van der Waals surface area contributed by atoms with Gasteiger partial charge in [0.2, 0.25) is 0 Å². The van der Waals surface area contributed by atoms with E-state index in [0.717, 1.165) is 76.2 Å². The SMILES string of the molecule is CCCC1CCC2OC3C(C(O)CCCC3(O)C(C)(O)C3CCC4(O)C5=C(NCC(C)O)C(=O)C6CC(O)C(O)CC67CC(C6=CNC(N)C=C6)C=CC(O)(CC34C3CCCCC3)C57)C2CC1. The lowest BCUT2D eigenvalue weighted by molar-refractivity contribution is -0.276. The Morgan fingerprint density at radius 3 is 2.42 bits per heavy atom. The standard InChI is InChI=1S/C54H83N3O10/c1-4-9-31-13-16-35-40(17-14-31)67-48-43(35)37(59)12-8-21-54(48,66)49(3,63)41-20-23-53(65)44-45(57-27-30(2)58)46(62)36-24-38(60)39(61)26-50(36)25-32(33-15-18-42(55)56-28-33)19-22-51(64,47(44)50)29-52(41,53)34-10-6-5-7-11-34/h15,18-19,22,28,30-32,34-43,47-48,56-61,63-66H,4-14,16-17,20-21,23-27,29,55H2,1-3H3. The molecule has 20 unspecified atom stereocenters. The molecular formula is C54H83N3O10. The summed E-state index contributed by atoms with van der Waals surface area (Å²) in [5.41, 5.74) is -1.97. The van der Waals surface area contributed by atoms with Crippen LogP contribution < -0.4 is 16.4 Å². The topological polar surface area (TPSA) is 238 Å². The molecule has 13 nitrogen and oxygen atoms in total. The summed E-state index contributed by atoms with van der Waals surface area (Å²) in [4.78, 5) is 15.7. The van der Waals surface area contributed by atoms with Gasteiger partial charge >= 0.3 is 0 Å². The number of hydrogen-bond acceptors (Lipinski definition) is 13. The molecule has 12 N–H and O–H groups in total. The smallest absolute Gasteiger partial charge is 0.182 e. The fourth-order valence-electron chi connectivity index (χ4n) is 18.0. The van der Waals surface area contributed by atoms with Gasteiger partial charge in [-0.15, -0.1) is 0 Å². The number of fused-ring (bicyclic) bond motifs is 5. The van der Waals surface area contributed by atoms with E-state index in [-0.39, 0.29) is 86.1 Å². The summed E-state index contributed by atoms with van der Waals surface area (Å²) in [7, 11) is 0. The Labute approximate surface area is 397 Å². The van der Waals surface area contributed by atoms with Crippen LogP contribution in [0.4, 0.5) is 0 Å². The summed E-state index contributed by atoms with van der Waals surface area (Å²) < 4.78 is 7.11. The molecule has 2 heterocycles. The molecule has 6 saturated carbocycles. The average Bonchev–Trinajstić information content (AvgIpc) is 3.65. The highest BCUT2D eigenvalue weighted by molar-refractivity contribution is 6.00. The molecule has 0 aromatic heterocycles. The van der Waals surface area contributed by atoms with E-state index in [1.807, 2.05) is 30.5 Å². The average molecular weight is 934 g/mol. The molecule has 10 rings (SSSR count). The predicted molar refractivity (Wildman–Crippen MR) is 252 cm³/mol. The van der Waals surface area contributed by atoms with E-state index in [1.54, 1.807) is 13.8 Å². The van der Waals surface area contributed by atoms with Crippen LogP contribution in [-0.4, -0.2) is 118 Å². The third kappa shape index (κ3) is 7.30. The summed E-state index contributed by atoms with van der Waals surface area (Å²) >= 11 is 0. The minimum atomic E-state index is -1.89. The van der Waals surface area contributed by atoms with Gasteiger partial charge in [0.1, 0.15) is 5.60 Å². The van der Waals surface area contributed by atoms with Gasteiger partial charge < -0.3 is 62.0 Å². The van der Waals surface area contributed by atoms with E-state index in [1.165, 1.54) is 0 Å². The number of Topliss-reactive ketones (excluding diaryl/α,β-unsaturated/α-hetero) is 1. The number of hydrogen-bond donors (Lipinski definition) is 11. The first-order valence-corrected chi connectivity index (χ1v) is 26.7. The first-order chi connectivity index (χ1) is 31.8. The molecule has 1 saturated heterocycles. The Morgan fingerprint density at radius 2 is 1.70 bits per heavy atom. The number of rotatable bonds is 9. The van der Waals surface area contributed by atoms with Crippen molar-refractivity contribution in [3.05, 3.63) is 47.3 Å². The molecule has 0 aromatic carbocycles. The molecule has 1 spiro atoms. The molecule has 8 aliphatic carbocycles. The van der Waals surface area contributed by atoms with Gasteiger partial charge in [0.15, 0.2) is 5.78 Å². The number of ether oxygens (including phenoxy) is 1. The second kappa shape index (κ2) is 17.5. The van der Waals surface area contributed by atoms with Crippen molar-refractivity contribution < 1.29 is 50.4 Å². The maximum atomic E-state index is 15.7. The Balaban J connectivity index is 1.16. The second-order valence-corrected chi connectivity index (χ2v) is 24.2. The zero-order valence-corrected chi connectivity index (χ0v) is 40.4. The lowest BCUT2D eigenvalue weighted by Crippen LogP contribution is -2.74. The van der Waals surface area contributed by atoms with Gasteiger partial charge in [-0.1, -0.05) is 63.7 Å². The number of aliphatic hydroxyl groups excluding tert-OH is 4. The summed E-state index contributed by atoms with van der Waals surface area (Å²) in [6.45, 7) is 5.60. The highest BCUT2D eigenvalue weighted by atomic mass is 16.5. The van der Waals surface area contributed by atoms with Crippen LogP contribution in [-0.2, 0) is 9.53 Å². The van der Waals surface area contributed by atoms with Crippen LogP contribution in [0.1, 0.15) is 149 Å². The van der Waals surface area contributed by atoms with Crippen molar-refractivity contribution in [2.24, 2.45) is 63.9 Å². The zero-order chi connectivity index (χ0) is 47.5. The van der Waals surface area contributed by atoms with Crippen LogP contribution in [0.3, 0.4) is 0 Å². The van der Waals surface area contributed by atoms with Crippen LogP contribution >= 0.6 is 0 Å². The highest BCUT2D eigenvalue weighted by Crippen LogP contribution is 2.77. The van der Waals surface area contributed by atoms with Gasteiger partial charge in [0.25, 0.3) is 0 Å². The van der Waals surface area contributed by atoms with Gasteiger partial charge in [-0.25, -0.2) is 0 Å². The summed E-state index contributed by atoms with van der Waals surface area (Å²) in [5, 5.41) is 109. The number of ketones is 1. The van der Waals surface area contributed by atoms with E-state index in [4.69, 9.17) is 10.5 Å². The van der Waals surface area contributed by atoms with Crippen LogP contribution in [0.5, 0.6) is 0 Å². The Bertz CT molecular complexity index is 2020. The van der Waals surface area contributed by atoms with Gasteiger partial charge in [0, 0.05) is 41.8 Å². The fourth-order valence-corrected chi connectivity index (χ4v) is 18.0. The van der Waals surface area contributed by atoms with Crippen LogP contribution in [0, 0.1) is 58.2 Å². The van der Waals surface area contributed by atoms with Crippen molar-refractivity contribution in [3.8, 4) is 0 Å². The largest absolute Gasteiger partial charge is 0.393 e. The number of allylic oxidation sites excluding steroid dienone is 4. The number of nitrogens with two attached hydrogens (primary N) is 1. The van der Waals surface area contributed by atoms with Crippen molar-refractivity contribution in [1.29, 1.82) is 0 Å². The second-order valence-electron chi connectivity index (χ2n) is 24.2. The molecule has 0 amide bonds. The van der Waals surface area contributed by atoms with Gasteiger partial charge in [0.05, 0.1) is 65.3 Å². The van der Waals surface area contributed by atoms with Crippen molar-refractivity contribution in [3.63, 3.8) is 0 Å². The maximum Gasteiger partial charge on any atom is 0.182 e. The van der Waals surface area contributed by atoms with Crippen LogP contribution in [0.25, 0.3) is 0 Å². The van der Waals surface area contributed by atoms with Crippen molar-refractivity contribution in [2.45, 2.75) is 214 Å². The third-order valence-corrected chi connectivity index (χ3v) is 20.7. The molecule has 7 fully saturated rings. The van der Waals surface area contributed by atoms with Crippen molar-refractivity contribution >= 4 is 5.78 Å². The van der Waals surface area contributed by atoms with E-state index in [9.17, 15) is 40.9 Å². The zero-order valence-electron chi connectivity index (χ0n) is 40.4. The monoisotopic (exact) mass is 934 g/mol. The molecule has 0 bridgehead atoms. The summed E-state index contributed by atoms with van der Waals surface area (Å²) in [5.74, 6) is -3.09. The van der Waals surface area contributed by atoms with Gasteiger partial charge in [-0.3, -0.25) is 4.79 Å². The van der Waals surface area contributed by atoms with Gasteiger partial charge in [-0.2, -0.15) is 0 Å². The number of aliphatic hydroxyl groups is 8. The van der Waals surface area contributed by atoms with E-state index in [0.29, 0.717) is 37.2 Å². The van der Waals surface area contributed by atoms with Crippen LogP contribution in [0.15, 0.2) is 47.3 Å². The molecule has 13 heteroatoms. The predicted octanol–water partition coefficient (Wildman–Crippen LogP) is 4.29. The quantitative estimate of drug-likeness (QED) is 0.145. The highest BCUT2D eigenvalue weighted by Gasteiger charge is 2.80. The first kappa shape index (κ1) is 48.5. The Hall–Kier alpha value is -2.17. The van der Waals surface area contributed by atoms with E-state index >= 15 is 4.79 Å². The third-order valence-electron chi connectivity index (χ3n) is 20.7. The number of carbonyl (C=O) groups excluding carboxylic acids is 1. The molecule has 0 radical (unpaired) electrons. The number of nitrogens with one attached hydrogen (secondary N) is 2. The molecule has 20 atom stereocenters. The molecular weight excluding hydrogens is 851 g/mol. The first-order valence-electron chi connectivity index (χ1n) is 26.7. The summed E-state index contributed by atoms with van der Waals surface area (Å²) in [6.07, 6.45) is 16.7. The lowest BCUT2D eigenvalue weighted by Gasteiger charge is -2.69. The molecule has 374 valence electrons. The number of dihydropyridines is 1. The van der Waals surface area contributed by atoms with Crippen molar-refractivity contribution in [1.82, 2.24) is 10.6 Å². The minimum absolute atomic E-state index is 0.000349. The summed E-state index contributed by atoms with van der Waals surface area (Å²) in [6, 6.07) is 0. The van der Waals surface area contributed by atoms with Crippen molar-refractivity contribution in [2.75, 3.05) is 6.54 Å².